The Morgan fingerprint density at radius 3 is 0.905 bits per heavy atom. The molecule has 21 heavy (non-hydrogen) atoms. The van der Waals surface area contributed by atoms with Gasteiger partial charge in [-0.3, -0.25) is 4.55 Å². The molecule has 0 aromatic rings. The van der Waals surface area contributed by atoms with Crippen molar-refractivity contribution in [2.45, 2.75) is 19.8 Å². The lowest BCUT2D eigenvalue weighted by atomic mass is 9.98. The topological polar surface area (TPSA) is 54.4 Å². The van der Waals surface area contributed by atoms with Crippen LogP contribution in [0, 0.1) is 0 Å². The molecule has 0 saturated heterocycles. The number of hydrogen-bond donors (Lipinski definition) is 1. The van der Waals surface area contributed by atoms with Crippen LogP contribution < -0.4 is 0 Å². The summed E-state index contributed by atoms with van der Waals surface area (Å²) < 4.78 is 25.9. The molecular formula is C6HBr11O3S. The molecule has 1 N–H and O–H groups in total. The van der Waals surface area contributed by atoms with Gasteiger partial charge in [-0.25, -0.2) is 0 Å². The Morgan fingerprint density at radius 2 is 0.714 bits per heavy atom. The Labute approximate surface area is 214 Å². The molecule has 126 valence electrons. The van der Waals surface area contributed by atoms with E-state index in [0.29, 0.717) is 0 Å². The van der Waals surface area contributed by atoms with Crippen LogP contribution in [0.3, 0.4) is 0 Å². The van der Waals surface area contributed by atoms with Crippen LogP contribution in [-0.2, 0) is 10.1 Å². The minimum absolute atomic E-state index is 1.04. The Hall–Kier alpha value is 5.19. The van der Waals surface area contributed by atoms with Crippen molar-refractivity contribution in [3.63, 3.8) is 0 Å². The Kier molecular flexibility index (Phi) is 7.64. The molecule has 0 aromatic heterocycles. The Balaban J connectivity index is 4.02. The molecule has 0 aliphatic heterocycles. The van der Waals surface area contributed by atoms with E-state index in [4.69, 9.17) is 0 Å². The molecule has 1 aliphatic rings. The second kappa shape index (κ2) is 6.62. The maximum absolute atomic E-state index is 12.2. The molecule has 0 radical (unpaired) electrons. The lowest BCUT2D eigenvalue weighted by Gasteiger charge is -2.64. The van der Waals surface area contributed by atoms with Crippen LogP contribution in [-0.4, -0.2) is 32.8 Å². The van der Waals surface area contributed by atoms with Gasteiger partial charge in [0.15, 0.2) is 0 Å². The van der Waals surface area contributed by atoms with Crippen molar-refractivity contribution < 1.29 is 13.0 Å². The van der Waals surface area contributed by atoms with E-state index in [0.717, 1.165) is 0 Å². The molecule has 15 heteroatoms. The van der Waals surface area contributed by atoms with E-state index in [-0.39, 0.29) is 0 Å². The van der Waals surface area contributed by atoms with Crippen molar-refractivity contribution in [1.29, 1.82) is 0 Å². The molecule has 0 spiro atoms. The van der Waals surface area contributed by atoms with E-state index >= 15 is 0 Å². The molecule has 0 amide bonds. The van der Waals surface area contributed by atoms with Gasteiger partial charge < -0.3 is 0 Å². The SMILES string of the molecule is O=S(=O)(O)C1(Br)C(Br)(Br)C(Br)(Br)C(Br)(Br)C(Br)(Br)C1(Br)Br. The minimum atomic E-state index is -4.67. The summed E-state index contributed by atoms with van der Waals surface area (Å²) in [4.78, 5) is 0. The quantitative estimate of drug-likeness (QED) is 0.220. The van der Waals surface area contributed by atoms with E-state index in [9.17, 15) is 13.0 Å². The monoisotopic (exact) mass is 1020 g/mol. The number of halogens is 11. The van der Waals surface area contributed by atoms with Gasteiger partial charge >= 0.3 is 0 Å². The van der Waals surface area contributed by atoms with Crippen LogP contribution in [0.4, 0.5) is 0 Å². The summed E-state index contributed by atoms with van der Waals surface area (Å²) >= 11 is 37.4. The molecule has 0 unspecified atom stereocenters. The summed E-state index contributed by atoms with van der Waals surface area (Å²) in [5.74, 6) is 0. The highest BCUT2D eigenvalue weighted by Gasteiger charge is 2.88. The normalized spacial score (nSPS) is 31.6. The molecule has 1 saturated carbocycles. The largest absolute Gasteiger partial charge is 0.285 e. The van der Waals surface area contributed by atoms with Crippen molar-refractivity contribution in [3.8, 4) is 0 Å². The minimum Gasteiger partial charge on any atom is -0.284 e. The third-order valence-electron chi connectivity index (χ3n) is 2.74. The first kappa shape index (κ1) is 24.2. The molecule has 0 aromatic carbocycles. The third kappa shape index (κ3) is 2.91. The van der Waals surface area contributed by atoms with Gasteiger partial charge in [0.25, 0.3) is 10.1 Å². The maximum Gasteiger partial charge on any atom is 0.285 e. The molecule has 1 fully saturated rings. The van der Waals surface area contributed by atoms with Gasteiger partial charge in [-0.2, -0.15) is 8.42 Å². The summed E-state index contributed by atoms with van der Waals surface area (Å²) in [5, 5.41) is 0. The van der Waals surface area contributed by atoms with E-state index in [2.05, 4.69) is 175 Å². The molecule has 0 heterocycles. The van der Waals surface area contributed by atoms with Crippen molar-refractivity contribution in [3.05, 3.63) is 0 Å². The fraction of sp³-hybridized carbons (Fsp3) is 1.00. The van der Waals surface area contributed by atoms with Gasteiger partial charge in [-0.15, -0.1) is 0 Å². The number of hydrogen-bond acceptors (Lipinski definition) is 2. The van der Waals surface area contributed by atoms with Crippen LogP contribution in [0.1, 0.15) is 0 Å². The van der Waals surface area contributed by atoms with Gasteiger partial charge in [0.2, 0.25) is 3.66 Å². The highest BCUT2D eigenvalue weighted by atomic mass is 79.9. The van der Waals surface area contributed by atoms with Crippen molar-refractivity contribution in [2.75, 3.05) is 0 Å². The van der Waals surface area contributed by atoms with Crippen LogP contribution >= 0.6 is 175 Å². The average molecular weight is 1030 g/mol. The fourth-order valence-corrected chi connectivity index (χ4v) is 17.3. The number of rotatable bonds is 1. The van der Waals surface area contributed by atoms with E-state index in [1.54, 1.807) is 0 Å². The lowest BCUT2D eigenvalue weighted by molar-refractivity contribution is 0.410. The Morgan fingerprint density at radius 1 is 0.524 bits per heavy atom. The van der Waals surface area contributed by atoms with E-state index in [1.807, 2.05) is 0 Å². The van der Waals surface area contributed by atoms with Crippen LogP contribution in [0.25, 0.3) is 0 Å². The zero-order valence-electron chi connectivity index (χ0n) is 8.83. The van der Waals surface area contributed by atoms with E-state index in [1.165, 1.54) is 0 Å². The summed E-state index contributed by atoms with van der Waals surface area (Å²) in [7, 11) is -4.67. The summed E-state index contributed by atoms with van der Waals surface area (Å²) in [6.45, 7) is 0. The maximum atomic E-state index is 12.2. The van der Waals surface area contributed by atoms with Gasteiger partial charge in [0.05, 0.1) is 0 Å². The second-order valence-corrected chi connectivity index (χ2v) is 24.4. The Bertz CT molecular complexity index is 535. The zero-order valence-corrected chi connectivity index (χ0v) is 27.1. The standard InChI is InChI=1S/C6HBr11O3S/c7-1(8)2(9,10)4(13,14)6(17,21(18,19)20)5(15,16)3(1,11)12/h(H,18,19,20). The van der Waals surface area contributed by atoms with Gasteiger partial charge in [-0.05, 0) is 0 Å². The fourth-order valence-electron chi connectivity index (χ4n) is 1.52. The molecular weight excluding hydrogens is 1030 g/mol. The zero-order chi connectivity index (χ0) is 17.5. The van der Waals surface area contributed by atoms with E-state index < -0.39 is 29.9 Å². The first-order valence-electron chi connectivity index (χ1n) is 4.30. The van der Waals surface area contributed by atoms with Gasteiger partial charge in [-0.1, -0.05) is 175 Å². The summed E-state index contributed by atoms with van der Waals surface area (Å²) in [5.41, 5.74) is 0. The molecule has 0 atom stereocenters. The van der Waals surface area contributed by atoms with Gasteiger partial charge in [0.1, 0.15) is 16.2 Å². The van der Waals surface area contributed by atoms with Crippen LogP contribution in [0.15, 0.2) is 0 Å². The average Bonchev–Trinajstić information content (AvgIpc) is 2.23. The van der Waals surface area contributed by atoms with Crippen molar-refractivity contribution in [2.24, 2.45) is 0 Å². The predicted molar refractivity (Wildman–Crippen MR) is 126 cm³/mol. The first-order valence-corrected chi connectivity index (χ1v) is 14.5. The number of alkyl halides is 11. The molecule has 1 rings (SSSR count). The van der Waals surface area contributed by atoms with Crippen molar-refractivity contribution >= 4 is 185 Å². The van der Waals surface area contributed by atoms with Crippen molar-refractivity contribution in [1.82, 2.24) is 0 Å². The van der Waals surface area contributed by atoms with Crippen LogP contribution in [0.5, 0.6) is 0 Å². The van der Waals surface area contributed by atoms with Gasteiger partial charge in [0, 0.05) is 0 Å². The highest BCUT2D eigenvalue weighted by molar-refractivity contribution is 9.36. The summed E-state index contributed by atoms with van der Waals surface area (Å²) in [6, 6.07) is 0. The van der Waals surface area contributed by atoms with Crippen LogP contribution in [0.2, 0.25) is 0 Å². The molecule has 0 bridgehead atoms. The second-order valence-electron chi connectivity index (χ2n) is 3.94. The summed E-state index contributed by atoms with van der Waals surface area (Å²) in [6.07, 6.45) is 0. The molecule has 3 nitrogen and oxygen atoms in total. The smallest absolute Gasteiger partial charge is 0.284 e. The third-order valence-corrected chi connectivity index (χ3v) is 30.1. The lowest BCUT2D eigenvalue weighted by Crippen LogP contribution is -2.80. The molecule has 1 aliphatic carbocycles. The highest BCUT2D eigenvalue weighted by Crippen LogP contribution is 2.82. The predicted octanol–water partition coefficient (Wildman–Crippen LogP) is 7.41. The first-order chi connectivity index (χ1) is 8.75.